The number of hydrogen-bond acceptors (Lipinski definition) is 8. The fraction of sp³-hybridized carbons (Fsp3) is 0.379. The fourth-order valence-corrected chi connectivity index (χ4v) is 5.21. The van der Waals surface area contributed by atoms with Crippen molar-refractivity contribution >= 4 is 11.6 Å². The molecule has 0 spiro atoms. The molecule has 1 aliphatic heterocycles. The molecule has 1 aliphatic rings. The lowest BCUT2D eigenvalue weighted by atomic mass is 9.68. The van der Waals surface area contributed by atoms with Crippen molar-refractivity contribution in [2.75, 3.05) is 47.6 Å². The molecule has 8 nitrogen and oxygen atoms in total. The van der Waals surface area contributed by atoms with Gasteiger partial charge in [-0.25, -0.2) is 4.39 Å². The van der Waals surface area contributed by atoms with E-state index in [1.54, 1.807) is 32.2 Å². The van der Waals surface area contributed by atoms with Gasteiger partial charge in [-0.1, -0.05) is 12.1 Å². The maximum Gasteiger partial charge on any atom is 0.169 e. The standard InChI is InChI=1S/C29H32FN3O5/c1-18-23(6-5-7-26(18)30)27-24(28(34)19-10-21(37-3)14-31-12-19)16-33(8-9-36-2)17-25(27)29(35)20-11-22(38-4)15-32-13-20/h5-7,10-15,24-25,27H,8-9,16-17H2,1-4H3/t24-,25+,27?. The van der Waals surface area contributed by atoms with E-state index in [-0.39, 0.29) is 17.4 Å². The van der Waals surface area contributed by atoms with Gasteiger partial charge in [-0.15, -0.1) is 0 Å². The Morgan fingerprint density at radius 2 is 1.47 bits per heavy atom. The molecule has 0 radical (unpaired) electrons. The predicted molar refractivity (Wildman–Crippen MR) is 139 cm³/mol. The third-order valence-corrected chi connectivity index (χ3v) is 7.20. The summed E-state index contributed by atoms with van der Waals surface area (Å²) in [6, 6.07) is 8.10. The van der Waals surface area contributed by atoms with Crippen LogP contribution in [-0.2, 0) is 4.74 Å². The number of aromatic nitrogens is 2. The number of halogens is 1. The van der Waals surface area contributed by atoms with E-state index in [0.717, 1.165) is 0 Å². The van der Waals surface area contributed by atoms with Gasteiger partial charge in [-0.2, -0.15) is 0 Å². The molecule has 1 fully saturated rings. The highest BCUT2D eigenvalue weighted by molar-refractivity contribution is 6.02. The Labute approximate surface area is 221 Å². The van der Waals surface area contributed by atoms with E-state index in [2.05, 4.69) is 14.9 Å². The Balaban J connectivity index is 1.85. The zero-order valence-corrected chi connectivity index (χ0v) is 22.0. The van der Waals surface area contributed by atoms with Crippen LogP contribution in [0.5, 0.6) is 11.5 Å². The highest BCUT2D eigenvalue weighted by atomic mass is 19.1. The SMILES string of the molecule is COCCN1C[C@H](C(=O)c2cncc(OC)c2)C(c2cccc(F)c2C)[C@H](C(=O)c2cncc(OC)c2)C1. The van der Waals surface area contributed by atoms with Crippen molar-refractivity contribution in [3.05, 3.63) is 83.2 Å². The van der Waals surface area contributed by atoms with Crippen molar-refractivity contribution in [3.63, 3.8) is 0 Å². The maximum atomic E-state index is 14.8. The van der Waals surface area contributed by atoms with Gasteiger partial charge in [0.05, 0.1) is 33.2 Å². The third-order valence-electron chi connectivity index (χ3n) is 7.20. The molecule has 1 saturated heterocycles. The second kappa shape index (κ2) is 12.2. The molecule has 38 heavy (non-hydrogen) atoms. The normalized spacial score (nSPS) is 19.7. The number of ketones is 2. The minimum atomic E-state index is -0.650. The molecule has 3 aromatic rings. The van der Waals surface area contributed by atoms with Crippen molar-refractivity contribution in [3.8, 4) is 11.5 Å². The minimum Gasteiger partial charge on any atom is -0.495 e. The van der Waals surface area contributed by atoms with Gasteiger partial charge < -0.3 is 14.2 Å². The number of hydrogen-bond donors (Lipinski definition) is 0. The fourth-order valence-electron chi connectivity index (χ4n) is 5.21. The number of likely N-dealkylation sites (tertiary alicyclic amines) is 1. The summed E-state index contributed by atoms with van der Waals surface area (Å²) in [6.45, 7) is 3.41. The average molecular weight is 522 g/mol. The van der Waals surface area contributed by atoms with E-state index < -0.39 is 17.8 Å². The van der Waals surface area contributed by atoms with E-state index in [4.69, 9.17) is 14.2 Å². The molecular weight excluding hydrogens is 489 g/mol. The van der Waals surface area contributed by atoms with Crippen molar-refractivity contribution in [2.24, 2.45) is 11.8 Å². The minimum absolute atomic E-state index is 0.186. The zero-order chi connectivity index (χ0) is 27.2. The van der Waals surface area contributed by atoms with Gasteiger partial charge in [0.25, 0.3) is 0 Å². The Hall–Kier alpha value is -3.69. The quantitative estimate of drug-likeness (QED) is 0.370. The summed E-state index contributed by atoms with van der Waals surface area (Å²) in [7, 11) is 4.63. The first-order valence-electron chi connectivity index (χ1n) is 12.4. The van der Waals surface area contributed by atoms with E-state index in [9.17, 15) is 14.0 Å². The van der Waals surface area contributed by atoms with Gasteiger partial charge >= 0.3 is 0 Å². The Morgan fingerprint density at radius 1 is 0.921 bits per heavy atom. The molecule has 3 heterocycles. The number of carbonyl (C=O) groups excluding carboxylic acids is 2. The van der Waals surface area contributed by atoms with Crippen LogP contribution in [0.25, 0.3) is 0 Å². The Kier molecular flexibility index (Phi) is 8.81. The van der Waals surface area contributed by atoms with E-state index in [0.29, 0.717) is 60.0 Å². The van der Waals surface area contributed by atoms with Crippen LogP contribution >= 0.6 is 0 Å². The van der Waals surface area contributed by atoms with E-state index in [1.807, 2.05) is 6.07 Å². The van der Waals surface area contributed by atoms with E-state index in [1.165, 1.54) is 45.1 Å². The molecule has 0 bridgehead atoms. The molecule has 0 saturated carbocycles. The number of rotatable bonds is 10. The molecule has 9 heteroatoms. The first-order chi connectivity index (χ1) is 18.4. The largest absolute Gasteiger partial charge is 0.495 e. The summed E-state index contributed by atoms with van der Waals surface area (Å²) in [5.74, 6) is -1.73. The average Bonchev–Trinajstić information content (AvgIpc) is 2.96. The lowest BCUT2D eigenvalue weighted by molar-refractivity contribution is 0.0496. The second-order valence-corrected chi connectivity index (χ2v) is 9.40. The highest BCUT2D eigenvalue weighted by Gasteiger charge is 2.45. The summed E-state index contributed by atoms with van der Waals surface area (Å²) in [4.78, 5) is 38.5. The van der Waals surface area contributed by atoms with Crippen LogP contribution < -0.4 is 9.47 Å². The topological polar surface area (TPSA) is 90.8 Å². The number of benzene rings is 1. The lowest BCUT2D eigenvalue weighted by Gasteiger charge is -2.43. The van der Waals surface area contributed by atoms with Gasteiger partial charge in [-0.05, 0) is 36.2 Å². The van der Waals surface area contributed by atoms with Crippen LogP contribution in [0.4, 0.5) is 4.39 Å². The van der Waals surface area contributed by atoms with Gasteiger partial charge in [0, 0.05) is 68.0 Å². The predicted octanol–water partition coefficient (Wildman–Crippen LogP) is 3.99. The molecule has 200 valence electrons. The van der Waals surface area contributed by atoms with Gasteiger partial charge in [-0.3, -0.25) is 24.5 Å². The second-order valence-electron chi connectivity index (χ2n) is 9.40. The van der Waals surface area contributed by atoms with Gasteiger partial charge in [0.1, 0.15) is 17.3 Å². The summed E-state index contributed by atoms with van der Waals surface area (Å²) in [5.41, 5.74) is 1.80. The molecule has 0 aliphatic carbocycles. The number of ether oxygens (including phenoxy) is 3. The molecule has 4 rings (SSSR count). The molecule has 1 aromatic carbocycles. The van der Waals surface area contributed by atoms with Crippen molar-refractivity contribution in [2.45, 2.75) is 12.8 Å². The first-order valence-corrected chi connectivity index (χ1v) is 12.4. The van der Waals surface area contributed by atoms with Crippen LogP contribution in [0.3, 0.4) is 0 Å². The summed E-state index contributed by atoms with van der Waals surface area (Å²) in [6.07, 6.45) is 6.05. The van der Waals surface area contributed by atoms with Crippen LogP contribution in [0, 0.1) is 24.6 Å². The van der Waals surface area contributed by atoms with Crippen LogP contribution in [0.2, 0.25) is 0 Å². The molecule has 2 aromatic heterocycles. The Morgan fingerprint density at radius 3 is 1.97 bits per heavy atom. The molecule has 0 N–H and O–H groups in total. The first kappa shape index (κ1) is 27.3. The van der Waals surface area contributed by atoms with Crippen LogP contribution in [0.15, 0.2) is 55.1 Å². The number of nitrogens with zero attached hydrogens (tertiary/aromatic N) is 3. The zero-order valence-electron chi connectivity index (χ0n) is 22.0. The third kappa shape index (κ3) is 5.74. The van der Waals surface area contributed by atoms with Gasteiger partial charge in [0.15, 0.2) is 11.6 Å². The number of pyridine rings is 2. The van der Waals surface area contributed by atoms with Crippen LogP contribution in [-0.4, -0.2) is 74.0 Å². The summed E-state index contributed by atoms with van der Waals surface area (Å²) < 4.78 is 30.7. The summed E-state index contributed by atoms with van der Waals surface area (Å²) >= 11 is 0. The molecule has 0 amide bonds. The van der Waals surface area contributed by atoms with Crippen molar-refractivity contribution in [1.29, 1.82) is 0 Å². The molecular formula is C29H32FN3O5. The maximum absolute atomic E-state index is 14.8. The van der Waals surface area contributed by atoms with E-state index >= 15 is 0 Å². The number of Topliss-reactive ketones (excluding diaryl/α,β-unsaturated/α-hetero) is 2. The van der Waals surface area contributed by atoms with Crippen molar-refractivity contribution in [1.82, 2.24) is 14.9 Å². The van der Waals surface area contributed by atoms with Crippen molar-refractivity contribution < 1.29 is 28.2 Å². The highest BCUT2D eigenvalue weighted by Crippen LogP contribution is 2.42. The number of methoxy groups -OCH3 is 3. The number of piperidine rings is 1. The van der Waals surface area contributed by atoms with Crippen LogP contribution in [0.1, 0.15) is 37.8 Å². The molecule has 3 atom stereocenters. The smallest absolute Gasteiger partial charge is 0.169 e. The van der Waals surface area contributed by atoms with Gasteiger partial charge in [0.2, 0.25) is 0 Å². The lowest BCUT2D eigenvalue weighted by Crippen LogP contribution is -2.51. The molecule has 1 unspecified atom stereocenters. The Bertz CT molecular complexity index is 1230. The number of carbonyl (C=O) groups is 2. The monoisotopic (exact) mass is 521 g/mol. The summed E-state index contributed by atoms with van der Waals surface area (Å²) in [5, 5.41) is 0.